The van der Waals surface area contributed by atoms with Gasteiger partial charge in [-0.3, -0.25) is 0 Å². The van der Waals surface area contributed by atoms with Crippen LogP contribution in [-0.2, 0) is 9.47 Å². The number of aliphatic hydroxyl groups is 1. The summed E-state index contributed by atoms with van der Waals surface area (Å²) >= 11 is 0. The van der Waals surface area contributed by atoms with Crippen molar-refractivity contribution in [2.45, 2.75) is 24.7 Å². The van der Waals surface area contributed by atoms with Crippen LogP contribution in [0.4, 0.5) is 0 Å². The van der Waals surface area contributed by atoms with Gasteiger partial charge in [-0.05, 0) is 6.42 Å². The normalized spacial score (nSPS) is 36.8. The van der Waals surface area contributed by atoms with Gasteiger partial charge in [-0.2, -0.15) is 0 Å². The largest absolute Gasteiger partial charge is 0.389 e. The molecule has 0 radical (unpaired) electrons. The Bertz CT molecular complexity index is 131. The van der Waals surface area contributed by atoms with Crippen molar-refractivity contribution in [1.82, 2.24) is 5.32 Å². The molecule has 0 aromatic rings. The first-order chi connectivity index (χ1) is 5.77. The molecule has 4 nitrogen and oxygen atoms in total. The molecule has 0 aliphatic carbocycles. The minimum atomic E-state index is -0.386. The summed E-state index contributed by atoms with van der Waals surface area (Å²) in [5.74, 6) is 0. The van der Waals surface area contributed by atoms with Crippen LogP contribution >= 0.6 is 0 Å². The van der Waals surface area contributed by atoms with Gasteiger partial charge >= 0.3 is 0 Å². The van der Waals surface area contributed by atoms with Crippen LogP contribution in [0.1, 0.15) is 6.42 Å². The molecular weight excluding hydrogens is 158 g/mol. The maximum absolute atomic E-state index is 9.43. The van der Waals surface area contributed by atoms with Crippen LogP contribution in [0.25, 0.3) is 0 Å². The summed E-state index contributed by atoms with van der Waals surface area (Å²) in [5.41, 5.74) is 0. The van der Waals surface area contributed by atoms with Crippen molar-refractivity contribution in [3.8, 4) is 0 Å². The van der Waals surface area contributed by atoms with E-state index in [-0.39, 0.29) is 12.2 Å². The number of rotatable bonds is 3. The molecule has 1 fully saturated rings. The number of methoxy groups -OCH3 is 2. The van der Waals surface area contributed by atoms with Crippen molar-refractivity contribution in [1.29, 1.82) is 0 Å². The molecule has 0 bridgehead atoms. The number of hydrogen-bond acceptors (Lipinski definition) is 4. The second kappa shape index (κ2) is 4.77. The van der Waals surface area contributed by atoms with Crippen molar-refractivity contribution < 1.29 is 14.6 Å². The van der Waals surface area contributed by atoms with Gasteiger partial charge < -0.3 is 19.9 Å². The third kappa shape index (κ3) is 2.42. The van der Waals surface area contributed by atoms with E-state index < -0.39 is 0 Å². The molecule has 1 rings (SSSR count). The maximum atomic E-state index is 9.43. The molecule has 0 aromatic carbocycles. The smallest absolute Gasteiger partial charge is 0.0926 e. The van der Waals surface area contributed by atoms with Gasteiger partial charge in [0.2, 0.25) is 0 Å². The Balaban J connectivity index is 2.33. The summed E-state index contributed by atoms with van der Waals surface area (Å²) in [5, 5.41) is 12.6. The number of ether oxygens (including phenoxy) is 2. The van der Waals surface area contributed by atoms with Gasteiger partial charge in [-0.15, -0.1) is 0 Å². The Morgan fingerprint density at radius 3 is 2.83 bits per heavy atom. The molecule has 0 spiro atoms. The van der Waals surface area contributed by atoms with Crippen LogP contribution in [-0.4, -0.2) is 50.7 Å². The summed E-state index contributed by atoms with van der Waals surface area (Å²) in [6.07, 6.45) is 0.375. The number of aliphatic hydroxyl groups excluding tert-OH is 1. The van der Waals surface area contributed by atoms with Crippen molar-refractivity contribution in [2.75, 3.05) is 27.4 Å². The zero-order valence-corrected chi connectivity index (χ0v) is 7.62. The number of piperidine rings is 1. The van der Waals surface area contributed by atoms with Crippen LogP contribution in [0.3, 0.4) is 0 Å². The summed E-state index contributed by atoms with van der Waals surface area (Å²) in [4.78, 5) is 0. The maximum Gasteiger partial charge on any atom is 0.0926 e. The van der Waals surface area contributed by atoms with Crippen molar-refractivity contribution in [3.63, 3.8) is 0 Å². The molecule has 1 heterocycles. The standard InChI is InChI=1S/C8H17NO3/c1-11-5-6-3-8(12-2)7(10)4-9-6/h6-10H,3-5H2,1-2H3. The monoisotopic (exact) mass is 175 g/mol. The van der Waals surface area contributed by atoms with Gasteiger partial charge in [0.1, 0.15) is 0 Å². The number of nitrogens with one attached hydrogen (secondary N) is 1. The molecule has 12 heavy (non-hydrogen) atoms. The lowest BCUT2D eigenvalue weighted by Crippen LogP contribution is -2.51. The average molecular weight is 175 g/mol. The summed E-state index contributed by atoms with van der Waals surface area (Å²) < 4.78 is 10.1. The van der Waals surface area contributed by atoms with Crippen LogP contribution in [0.5, 0.6) is 0 Å². The zero-order valence-electron chi connectivity index (χ0n) is 7.62. The van der Waals surface area contributed by atoms with Gasteiger partial charge in [0.05, 0.1) is 18.8 Å². The summed E-state index contributed by atoms with van der Waals surface area (Å²) in [6, 6.07) is 0.309. The van der Waals surface area contributed by atoms with Gasteiger partial charge in [-0.25, -0.2) is 0 Å². The first kappa shape index (κ1) is 9.92. The van der Waals surface area contributed by atoms with Crippen LogP contribution in [0.2, 0.25) is 0 Å². The highest BCUT2D eigenvalue weighted by atomic mass is 16.5. The van der Waals surface area contributed by atoms with Gasteiger partial charge in [-0.1, -0.05) is 0 Å². The molecule has 0 saturated carbocycles. The third-order valence-corrected chi connectivity index (χ3v) is 2.23. The van der Waals surface area contributed by atoms with E-state index in [4.69, 9.17) is 9.47 Å². The Morgan fingerprint density at radius 2 is 2.25 bits per heavy atom. The van der Waals surface area contributed by atoms with Crippen LogP contribution in [0, 0.1) is 0 Å². The molecule has 3 atom stereocenters. The first-order valence-electron chi connectivity index (χ1n) is 4.21. The number of hydrogen-bond donors (Lipinski definition) is 2. The van der Waals surface area contributed by atoms with E-state index in [1.54, 1.807) is 14.2 Å². The second-order valence-electron chi connectivity index (χ2n) is 3.14. The van der Waals surface area contributed by atoms with Gasteiger partial charge in [0, 0.05) is 26.8 Å². The summed E-state index contributed by atoms with van der Waals surface area (Å²) in [6.45, 7) is 1.26. The minimum Gasteiger partial charge on any atom is -0.389 e. The molecule has 1 aliphatic heterocycles. The fourth-order valence-electron chi connectivity index (χ4n) is 1.52. The molecule has 1 saturated heterocycles. The van der Waals surface area contributed by atoms with E-state index in [1.165, 1.54) is 0 Å². The molecule has 1 aliphatic rings. The van der Waals surface area contributed by atoms with Crippen molar-refractivity contribution in [3.05, 3.63) is 0 Å². The minimum absolute atomic E-state index is 0.0496. The third-order valence-electron chi connectivity index (χ3n) is 2.23. The van der Waals surface area contributed by atoms with Gasteiger partial charge in [0.15, 0.2) is 0 Å². The fraction of sp³-hybridized carbons (Fsp3) is 1.00. The molecular formula is C8H17NO3. The Labute approximate surface area is 72.9 Å². The lowest BCUT2D eigenvalue weighted by atomic mass is 10.00. The molecule has 3 unspecified atom stereocenters. The average Bonchev–Trinajstić information content (AvgIpc) is 2.09. The molecule has 72 valence electrons. The highest BCUT2D eigenvalue weighted by Gasteiger charge is 2.28. The zero-order chi connectivity index (χ0) is 8.97. The molecule has 2 N–H and O–H groups in total. The lowest BCUT2D eigenvalue weighted by Gasteiger charge is -2.32. The number of β-amino-alcohol motifs (C(OH)–C–C–N with tert-alkyl or cyclic N) is 1. The predicted molar refractivity (Wildman–Crippen MR) is 45.1 cm³/mol. The fourth-order valence-corrected chi connectivity index (χ4v) is 1.52. The van der Waals surface area contributed by atoms with E-state index in [9.17, 15) is 5.11 Å². The Kier molecular flexibility index (Phi) is 3.94. The highest BCUT2D eigenvalue weighted by molar-refractivity contribution is 4.84. The molecule has 0 amide bonds. The predicted octanol–water partition coefficient (Wildman–Crippen LogP) is -0.629. The van der Waals surface area contributed by atoms with Crippen LogP contribution < -0.4 is 5.32 Å². The highest BCUT2D eigenvalue weighted by Crippen LogP contribution is 2.12. The van der Waals surface area contributed by atoms with Crippen molar-refractivity contribution >= 4 is 0 Å². The van der Waals surface area contributed by atoms with E-state index in [0.29, 0.717) is 19.2 Å². The second-order valence-corrected chi connectivity index (χ2v) is 3.14. The first-order valence-corrected chi connectivity index (χ1v) is 4.21. The van der Waals surface area contributed by atoms with E-state index in [2.05, 4.69) is 5.32 Å². The van der Waals surface area contributed by atoms with E-state index >= 15 is 0 Å². The van der Waals surface area contributed by atoms with E-state index in [0.717, 1.165) is 6.42 Å². The summed E-state index contributed by atoms with van der Waals surface area (Å²) in [7, 11) is 3.30. The van der Waals surface area contributed by atoms with Crippen LogP contribution in [0.15, 0.2) is 0 Å². The molecule has 0 aromatic heterocycles. The Hall–Kier alpha value is -0.160. The SMILES string of the molecule is COCC1CC(OC)C(O)CN1. The topological polar surface area (TPSA) is 50.7 Å². The van der Waals surface area contributed by atoms with Gasteiger partial charge in [0.25, 0.3) is 0 Å². The van der Waals surface area contributed by atoms with Crippen molar-refractivity contribution in [2.24, 2.45) is 0 Å². The van der Waals surface area contributed by atoms with E-state index in [1.807, 2.05) is 0 Å². The lowest BCUT2D eigenvalue weighted by molar-refractivity contribution is -0.0458. The molecule has 4 heteroatoms. The quantitative estimate of drug-likeness (QED) is 0.599. The Morgan fingerprint density at radius 1 is 1.50 bits per heavy atom.